The van der Waals surface area contributed by atoms with Crippen molar-refractivity contribution in [2.24, 2.45) is 0 Å². The lowest BCUT2D eigenvalue weighted by atomic mass is 10.1. The minimum absolute atomic E-state index is 0.0823. The van der Waals surface area contributed by atoms with Gasteiger partial charge in [0.1, 0.15) is 5.82 Å². The second-order valence-corrected chi connectivity index (χ2v) is 6.75. The molecule has 136 valence electrons. The van der Waals surface area contributed by atoms with Crippen LogP contribution in [0.25, 0.3) is 0 Å². The molecule has 0 unspecified atom stereocenters. The molecule has 1 heterocycles. The molecule has 3 rings (SSSR count). The Morgan fingerprint density at radius 3 is 2.27 bits per heavy atom. The van der Waals surface area contributed by atoms with Crippen molar-refractivity contribution in [3.63, 3.8) is 0 Å². The molecule has 1 aliphatic heterocycles. The van der Waals surface area contributed by atoms with Gasteiger partial charge in [-0.15, -0.1) is 0 Å². The molecule has 2 aromatic carbocycles. The summed E-state index contributed by atoms with van der Waals surface area (Å²) >= 11 is 5.96. The average Bonchev–Trinajstić information content (AvgIpc) is 2.66. The third-order valence-electron chi connectivity index (χ3n) is 4.53. The van der Waals surface area contributed by atoms with E-state index < -0.39 is 0 Å². The van der Waals surface area contributed by atoms with Crippen molar-refractivity contribution in [2.75, 3.05) is 26.2 Å². The zero-order valence-electron chi connectivity index (χ0n) is 14.3. The summed E-state index contributed by atoms with van der Waals surface area (Å²) in [6.07, 6.45) is 1.07. The Balaban J connectivity index is 1.49. The first-order valence-corrected chi connectivity index (χ1v) is 8.98. The first-order valence-electron chi connectivity index (χ1n) is 8.60. The highest BCUT2D eigenvalue weighted by atomic mass is 35.5. The third-order valence-corrected chi connectivity index (χ3v) is 4.76. The van der Waals surface area contributed by atoms with Gasteiger partial charge in [-0.3, -0.25) is 9.59 Å². The van der Waals surface area contributed by atoms with Crippen LogP contribution in [0.5, 0.6) is 0 Å². The fourth-order valence-electron chi connectivity index (χ4n) is 3.04. The van der Waals surface area contributed by atoms with E-state index in [1.165, 1.54) is 24.3 Å². The Morgan fingerprint density at radius 2 is 1.62 bits per heavy atom. The topological polar surface area (TPSA) is 40.6 Å². The number of carbonyl (C=O) groups excluding carboxylic acids is 2. The van der Waals surface area contributed by atoms with Gasteiger partial charge in [0.05, 0.1) is 0 Å². The van der Waals surface area contributed by atoms with Crippen LogP contribution >= 0.6 is 11.6 Å². The summed E-state index contributed by atoms with van der Waals surface area (Å²) in [4.78, 5) is 28.3. The molecule has 0 aliphatic carbocycles. The molecule has 0 aromatic heterocycles. The van der Waals surface area contributed by atoms with Crippen molar-refractivity contribution in [3.8, 4) is 0 Å². The smallest absolute Gasteiger partial charge is 0.253 e. The van der Waals surface area contributed by atoms with E-state index in [0.29, 0.717) is 49.6 Å². The number of amides is 2. The zero-order valence-corrected chi connectivity index (χ0v) is 15.1. The van der Waals surface area contributed by atoms with Gasteiger partial charge in [-0.1, -0.05) is 23.7 Å². The molecule has 0 bridgehead atoms. The highest BCUT2D eigenvalue weighted by Crippen LogP contribution is 2.14. The Labute approximate surface area is 157 Å². The average molecular weight is 375 g/mol. The fraction of sp³-hybridized carbons (Fsp3) is 0.300. The van der Waals surface area contributed by atoms with Crippen LogP contribution in [0.2, 0.25) is 5.02 Å². The van der Waals surface area contributed by atoms with Crippen molar-refractivity contribution in [1.82, 2.24) is 9.80 Å². The van der Waals surface area contributed by atoms with Gasteiger partial charge in [-0.2, -0.15) is 0 Å². The number of aryl methyl sites for hydroxylation is 1. The van der Waals surface area contributed by atoms with E-state index >= 15 is 0 Å². The zero-order chi connectivity index (χ0) is 18.5. The summed E-state index contributed by atoms with van der Waals surface area (Å²) in [6, 6.07) is 13.0. The number of halogens is 2. The highest BCUT2D eigenvalue weighted by Gasteiger charge is 2.24. The van der Waals surface area contributed by atoms with Gasteiger partial charge in [0, 0.05) is 43.2 Å². The Morgan fingerprint density at radius 1 is 0.962 bits per heavy atom. The largest absolute Gasteiger partial charge is 0.339 e. The number of carbonyl (C=O) groups is 2. The standard InChI is InChI=1S/C20H20ClFN2O2/c21-17-3-1-2-15(14-17)4-9-19(25)23-10-12-24(13-11-23)20(26)16-5-7-18(22)8-6-16/h1-3,5-8,14H,4,9-13H2. The minimum Gasteiger partial charge on any atom is -0.339 e. The lowest BCUT2D eigenvalue weighted by Crippen LogP contribution is -2.50. The predicted molar refractivity (Wildman–Crippen MR) is 98.7 cm³/mol. The Bertz CT molecular complexity index is 787. The monoisotopic (exact) mass is 374 g/mol. The summed E-state index contributed by atoms with van der Waals surface area (Å²) in [7, 11) is 0. The number of benzene rings is 2. The van der Waals surface area contributed by atoms with Crippen LogP contribution in [0.15, 0.2) is 48.5 Å². The number of hydrogen-bond acceptors (Lipinski definition) is 2. The quantitative estimate of drug-likeness (QED) is 0.823. The molecule has 4 nitrogen and oxygen atoms in total. The van der Waals surface area contributed by atoms with Crippen LogP contribution in [-0.4, -0.2) is 47.8 Å². The van der Waals surface area contributed by atoms with E-state index in [2.05, 4.69) is 0 Å². The van der Waals surface area contributed by atoms with Crippen LogP contribution in [0.1, 0.15) is 22.3 Å². The lowest BCUT2D eigenvalue weighted by Gasteiger charge is -2.35. The normalized spacial score (nSPS) is 14.4. The molecule has 1 fully saturated rings. The summed E-state index contributed by atoms with van der Waals surface area (Å²) in [5, 5.41) is 0.669. The van der Waals surface area contributed by atoms with E-state index in [-0.39, 0.29) is 17.6 Å². The Kier molecular flexibility index (Phi) is 5.89. The van der Waals surface area contributed by atoms with Gasteiger partial charge in [0.2, 0.25) is 5.91 Å². The minimum atomic E-state index is -0.364. The molecule has 26 heavy (non-hydrogen) atoms. The second-order valence-electron chi connectivity index (χ2n) is 6.31. The van der Waals surface area contributed by atoms with Crippen molar-refractivity contribution in [1.29, 1.82) is 0 Å². The van der Waals surface area contributed by atoms with Crippen LogP contribution in [-0.2, 0) is 11.2 Å². The molecule has 0 N–H and O–H groups in total. The highest BCUT2D eigenvalue weighted by molar-refractivity contribution is 6.30. The van der Waals surface area contributed by atoms with Gasteiger partial charge in [-0.25, -0.2) is 4.39 Å². The molecule has 1 saturated heterocycles. The maximum atomic E-state index is 13.0. The number of hydrogen-bond donors (Lipinski definition) is 0. The molecular weight excluding hydrogens is 355 g/mol. The second kappa shape index (κ2) is 8.32. The van der Waals surface area contributed by atoms with E-state index in [4.69, 9.17) is 11.6 Å². The van der Waals surface area contributed by atoms with Crippen molar-refractivity contribution < 1.29 is 14.0 Å². The summed E-state index contributed by atoms with van der Waals surface area (Å²) in [5.74, 6) is -0.411. The molecule has 0 atom stereocenters. The van der Waals surface area contributed by atoms with Crippen LogP contribution in [0.4, 0.5) is 4.39 Å². The van der Waals surface area contributed by atoms with Crippen molar-refractivity contribution in [2.45, 2.75) is 12.8 Å². The molecule has 2 amide bonds. The Hall–Kier alpha value is -2.40. The van der Waals surface area contributed by atoms with Crippen molar-refractivity contribution in [3.05, 3.63) is 70.5 Å². The predicted octanol–water partition coefficient (Wildman–Crippen LogP) is 3.40. The van der Waals surface area contributed by atoms with Gasteiger partial charge in [0.15, 0.2) is 0 Å². The number of piperazine rings is 1. The van der Waals surface area contributed by atoms with Crippen LogP contribution in [0.3, 0.4) is 0 Å². The number of rotatable bonds is 4. The SMILES string of the molecule is O=C(CCc1cccc(Cl)c1)N1CCN(C(=O)c2ccc(F)cc2)CC1. The van der Waals surface area contributed by atoms with E-state index in [1.54, 1.807) is 9.80 Å². The van der Waals surface area contributed by atoms with Gasteiger partial charge >= 0.3 is 0 Å². The van der Waals surface area contributed by atoms with Gasteiger partial charge in [0.25, 0.3) is 5.91 Å². The third kappa shape index (κ3) is 4.61. The van der Waals surface area contributed by atoms with E-state index in [0.717, 1.165) is 5.56 Å². The molecule has 0 spiro atoms. The first-order chi connectivity index (χ1) is 12.5. The van der Waals surface area contributed by atoms with E-state index in [1.807, 2.05) is 24.3 Å². The summed E-state index contributed by atoms with van der Waals surface area (Å²) in [5.41, 5.74) is 1.50. The first kappa shape index (κ1) is 18.4. The summed E-state index contributed by atoms with van der Waals surface area (Å²) in [6.45, 7) is 2.00. The molecule has 2 aromatic rings. The van der Waals surface area contributed by atoms with Crippen molar-refractivity contribution >= 4 is 23.4 Å². The van der Waals surface area contributed by atoms with Crippen LogP contribution < -0.4 is 0 Å². The maximum Gasteiger partial charge on any atom is 0.253 e. The molecule has 0 radical (unpaired) electrons. The van der Waals surface area contributed by atoms with Gasteiger partial charge in [-0.05, 0) is 48.4 Å². The summed E-state index contributed by atoms with van der Waals surface area (Å²) < 4.78 is 13.0. The molecule has 6 heteroatoms. The molecule has 0 saturated carbocycles. The molecule has 1 aliphatic rings. The molecular formula is C20H20ClFN2O2. The van der Waals surface area contributed by atoms with Gasteiger partial charge < -0.3 is 9.80 Å². The van der Waals surface area contributed by atoms with Crippen LogP contribution in [0, 0.1) is 5.82 Å². The lowest BCUT2D eigenvalue weighted by molar-refractivity contribution is -0.132. The fourth-order valence-corrected chi connectivity index (χ4v) is 3.25. The maximum absolute atomic E-state index is 13.0. The number of nitrogens with zero attached hydrogens (tertiary/aromatic N) is 2. The van der Waals surface area contributed by atoms with E-state index in [9.17, 15) is 14.0 Å².